The number of hydrogen-bond acceptors (Lipinski definition) is 5. The van der Waals surface area contributed by atoms with Gasteiger partial charge in [0.2, 0.25) is 0 Å². The number of anilines is 1. The van der Waals surface area contributed by atoms with Gasteiger partial charge in [-0.3, -0.25) is 4.79 Å². The van der Waals surface area contributed by atoms with Crippen LogP contribution in [0.25, 0.3) is 10.2 Å². The third kappa shape index (κ3) is 3.82. The van der Waals surface area contributed by atoms with E-state index < -0.39 is 5.97 Å². The lowest BCUT2D eigenvalue weighted by Gasteiger charge is -2.07. The minimum absolute atomic E-state index is 0.128. The van der Waals surface area contributed by atoms with Crippen LogP contribution in [0.3, 0.4) is 0 Å². The number of rotatable bonds is 6. The number of nitrogens with zero attached hydrogens (tertiary/aromatic N) is 1. The van der Waals surface area contributed by atoms with E-state index in [4.69, 9.17) is 9.84 Å². The summed E-state index contributed by atoms with van der Waals surface area (Å²) in [5, 5.41) is 12.0. The minimum atomic E-state index is -0.903. The molecule has 1 heterocycles. The molecular weight excluding hydrogens is 264 g/mol. The number of nitrogens with one attached hydrogen (secondary N) is 1. The molecule has 2 aromatic rings. The van der Waals surface area contributed by atoms with Gasteiger partial charge >= 0.3 is 5.97 Å². The van der Waals surface area contributed by atoms with E-state index in [1.807, 2.05) is 18.2 Å². The zero-order chi connectivity index (χ0) is 13.8. The maximum absolute atomic E-state index is 10.5. The van der Waals surface area contributed by atoms with Crippen molar-refractivity contribution in [2.45, 2.75) is 13.8 Å². The number of fused-ring (bicyclic) bond motifs is 1. The van der Waals surface area contributed by atoms with E-state index in [9.17, 15) is 4.79 Å². The van der Waals surface area contributed by atoms with Gasteiger partial charge in [0.1, 0.15) is 12.3 Å². The first-order valence-corrected chi connectivity index (χ1v) is 6.85. The van der Waals surface area contributed by atoms with Gasteiger partial charge in [-0.1, -0.05) is 25.2 Å². The minimum Gasteiger partial charge on any atom is -0.493 e. The molecule has 2 N–H and O–H groups in total. The van der Waals surface area contributed by atoms with Crippen LogP contribution in [0.15, 0.2) is 18.2 Å². The number of carboxylic acids is 1. The summed E-state index contributed by atoms with van der Waals surface area (Å²) in [6, 6.07) is 5.69. The second kappa shape index (κ2) is 5.88. The second-order valence-corrected chi connectivity index (χ2v) is 5.63. The Balaban J connectivity index is 2.11. The molecule has 0 bridgehead atoms. The first-order valence-electron chi connectivity index (χ1n) is 6.03. The van der Waals surface area contributed by atoms with Gasteiger partial charge in [0, 0.05) is 0 Å². The molecular formula is C13H16N2O3S. The van der Waals surface area contributed by atoms with Gasteiger partial charge in [-0.25, -0.2) is 4.98 Å². The summed E-state index contributed by atoms with van der Waals surface area (Å²) in [5.74, 6) is 0.389. The molecule has 0 aliphatic carbocycles. The summed E-state index contributed by atoms with van der Waals surface area (Å²) >= 11 is 1.42. The average molecular weight is 280 g/mol. The molecule has 0 unspecified atom stereocenters. The van der Waals surface area contributed by atoms with Gasteiger partial charge < -0.3 is 15.2 Å². The number of aromatic nitrogens is 1. The van der Waals surface area contributed by atoms with E-state index in [0.717, 1.165) is 16.0 Å². The highest BCUT2D eigenvalue weighted by Gasteiger charge is 2.06. The van der Waals surface area contributed by atoms with E-state index in [1.165, 1.54) is 11.3 Å². The van der Waals surface area contributed by atoms with Crippen LogP contribution in [-0.2, 0) is 4.79 Å². The van der Waals surface area contributed by atoms with Crippen LogP contribution in [0.1, 0.15) is 13.8 Å². The predicted molar refractivity (Wildman–Crippen MR) is 76.1 cm³/mol. The molecule has 0 fully saturated rings. The third-order valence-corrected chi connectivity index (χ3v) is 3.31. The van der Waals surface area contributed by atoms with Gasteiger partial charge in [0.25, 0.3) is 0 Å². The quantitative estimate of drug-likeness (QED) is 0.851. The highest BCUT2D eigenvalue weighted by atomic mass is 32.1. The average Bonchev–Trinajstić information content (AvgIpc) is 2.75. The molecule has 102 valence electrons. The molecule has 0 saturated carbocycles. The van der Waals surface area contributed by atoms with Crippen molar-refractivity contribution in [3.8, 4) is 5.75 Å². The Morgan fingerprint density at radius 2 is 2.32 bits per heavy atom. The van der Waals surface area contributed by atoms with Crippen LogP contribution in [0.2, 0.25) is 0 Å². The van der Waals surface area contributed by atoms with Crippen molar-refractivity contribution in [1.82, 2.24) is 4.98 Å². The van der Waals surface area contributed by atoms with Gasteiger partial charge in [0.15, 0.2) is 5.13 Å². The monoisotopic (exact) mass is 280 g/mol. The summed E-state index contributed by atoms with van der Waals surface area (Å²) in [6.07, 6.45) is 0. The zero-order valence-corrected chi connectivity index (χ0v) is 11.7. The Bertz CT molecular complexity index is 580. The highest BCUT2D eigenvalue weighted by Crippen LogP contribution is 2.29. The summed E-state index contributed by atoms with van der Waals surface area (Å²) in [7, 11) is 0. The van der Waals surface area contributed by atoms with Crippen LogP contribution < -0.4 is 10.1 Å². The van der Waals surface area contributed by atoms with Crippen molar-refractivity contribution in [3.63, 3.8) is 0 Å². The number of carbonyl (C=O) groups is 1. The molecule has 0 saturated heterocycles. The van der Waals surface area contributed by atoms with Gasteiger partial charge in [-0.05, 0) is 24.1 Å². The fourth-order valence-corrected chi connectivity index (χ4v) is 2.37. The van der Waals surface area contributed by atoms with Crippen LogP contribution in [0.4, 0.5) is 5.13 Å². The molecule has 0 spiro atoms. The number of ether oxygens (including phenoxy) is 1. The summed E-state index contributed by atoms with van der Waals surface area (Å²) in [6.45, 7) is 4.74. The lowest BCUT2D eigenvalue weighted by Crippen LogP contribution is -2.11. The zero-order valence-electron chi connectivity index (χ0n) is 10.8. The Morgan fingerprint density at radius 3 is 3.00 bits per heavy atom. The predicted octanol–water partition coefficient (Wildman–Crippen LogP) is 2.83. The fourth-order valence-electron chi connectivity index (χ4n) is 1.48. The van der Waals surface area contributed by atoms with Crippen molar-refractivity contribution >= 4 is 32.7 Å². The number of thiazole rings is 1. The molecule has 2 rings (SSSR count). The smallest absolute Gasteiger partial charge is 0.322 e. The maximum atomic E-state index is 10.5. The van der Waals surface area contributed by atoms with E-state index >= 15 is 0 Å². The molecule has 0 aliphatic heterocycles. The molecule has 1 aromatic heterocycles. The number of aliphatic carboxylic acids is 1. The summed E-state index contributed by atoms with van der Waals surface area (Å²) in [5.41, 5.74) is 0.842. The van der Waals surface area contributed by atoms with Crippen LogP contribution in [0.5, 0.6) is 5.75 Å². The Hall–Kier alpha value is -1.82. The Kier molecular flexibility index (Phi) is 4.21. The topological polar surface area (TPSA) is 71.5 Å². The third-order valence-electron chi connectivity index (χ3n) is 2.33. The maximum Gasteiger partial charge on any atom is 0.322 e. The van der Waals surface area contributed by atoms with Crippen LogP contribution in [-0.4, -0.2) is 29.2 Å². The first kappa shape index (κ1) is 13.6. The van der Waals surface area contributed by atoms with Crippen LogP contribution in [0, 0.1) is 5.92 Å². The Labute approximate surface area is 115 Å². The molecule has 0 atom stereocenters. The molecule has 6 heteroatoms. The molecule has 0 amide bonds. The normalized spacial score (nSPS) is 10.9. The molecule has 19 heavy (non-hydrogen) atoms. The Morgan fingerprint density at radius 1 is 1.53 bits per heavy atom. The van der Waals surface area contributed by atoms with Crippen molar-refractivity contribution in [2.75, 3.05) is 18.5 Å². The van der Waals surface area contributed by atoms with Crippen molar-refractivity contribution in [3.05, 3.63) is 18.2 Å². The van der Waals surface area contributed by atoms with Crippen molar-refractivity contribution in [2.24, 2.45) is 5.92 Å². The van der Waals surface area contributed by atoms with E-state index in [2.05, 4.69) is 24.1 Å². The first-order chi connectivity index (χ1) is 9.04. The number of carboxylic acid groups (broad SMARTS) is 1. The van der Waals surface area contributed by atoms with Crippen molar-refractivity contribution < 1.29 is 14.6 Å². The molecule has 1 aromatic carbocycles. The SMILES string of the molecule is CC(C)COc1ccc2nc(NCC(=O)O)sc2c1. The molecule has 5 nitrogen and oxygen atoms in total. The van der Waals surface area contributed by atoms with Gasteiger partial charge in [-0.2, -0.15) is 0 Å². The number of hydrogen-bond donors (Lipinski definition) is 2. The molecule has 0 aliphatic rings. The van der Waals surface area contributed by atoms with Crippen LogP contribution >= 0.6 is 11.3 Å². The second-order valence-electron chi connectivity index (χ2n) is 4.60. The highest BCUT2D eigenvalue weighted by molar-refractivity contribution is 7.22. The van der Waals surface area contributed by atoms with E-state index in [0.29, 0.717) is 17.7 Å². The van der Waals surface area contributed by atoms with E-state index in [1.54, 1.807) is 0 Å². The largest absolute Gasteiger partial charge is 0.493 e. The van der Waals surface area contributed by atoms with Gasteiger partial charge in [-0.15, -0.1) is 0 Å². The standard InChI is InChI=1S/C13H16N2O3S/c1-8(2)7-18-9-3-4-10-11(5-9)19-13(15-10)14-6-12(16)17/h3-5,8H,6-7H2,1-2H3,(H,14,15)(H,16,17). The fraction of sp³-hybridized carbons (Fsp3) is 0.385. The summed E-state index contributed by atoms with van der Waals surface area (Å²) in [4.78, 5) is 14.8. The number of benzene rings is 1. The lowest BCUT2D eigenvalue weighted by molar-refractivity contribution is -0.134. The lowest BCUT2D eigenvalue weighted by atomic mass is 10.2. The van der Waals surface area contributed by atoms with Crippen molar-refractivity contribution in [1.29, 1.82) is 0 Å². The molecule has 0 radical (unpaired) electrons. The summed E-state index contributed by atoms with van der Waals surface area (Å²) < 4.78 is 6.63. The van der Waals surface area contributed by atoms with Gasteiger partial charge in [0.05, 0.1) is 16.8 Å². The van der Waals surface area contributed by atoms with E-state index in [-0.39, 0.29) is 6.54 Å².